The minimum Gasteiger partial charge on any atom is -0.494 e. The molecule has 0 aromatic heterocycles. The molecule has 0 atom stereocenters. The van der Waals surface area contributed by atoms with Crippen molar-refractivity contribution in [1.82, 2.24) is 4.90 Å². The van der Waals surface area contributed by atoms with Gasteiger partial charge in [0.05, 0.1) is 6.61 Å². The van der Waals surface area contributed by atoms with E-state index in [0.29, 0.717) is 30.7 Å². The molecule has 28 heavy (non-hydrogen) atoms. The standard InChI is InChI=1S/C23H28N2O3/c1-4-6-8-14-28-19-11-9-18(10-12-19)15-20-17(3)21(16-24)23(27)25(22(20)26)13-7-5-2/h9-12,15H,4-8,13-14H2,1-3H3/b20-15+. The number of carbonyl (C=O) groups is 2. The Morgan fingerprint density at radius 2 is 1.71 bits per heavy atom. The van der Waals surface area contributed by atoms with Crippen molar-refractivity contribution < 1.29 is 14.3 Å². The molecule has 5 heteroatoms. The van der Waals surface area contributed by atoms with E-state index in [1.807, 2.05) is 37.3 Å². The molecule has 0 bridgehead atoms. The van der Waals surface area contributed by atoms with Crippen molar-refractivity contribution in [3.05, 3.63) is 46.5 Å². The third kappa shape index (κ3) is 5.10. The fourth-order valence-electron chi connectivity index (χ4n) is 3.02. The first kappa shape index (κ1) is 21.4. The average Bonchev–Trinajstić information content (AvgIpc) is 2.70. The molecule has 0 saturated heterocycles. The molecule has 1 aromatic rings. The van der Waals surface area contributed by atoms with Crippen molar-refractivity contribution >= 4 is 17.9 Å². The summed E-state index contributed by atoms with van der Waals surface area (Å²) in [5, 5.41) is 9.39. The normalized spacial score (nSPS) is 15.9. The number of imide groups is 1. The molecule has 1 aliphatic rings. The SMILES string of the molecule is CCCCCOc1ccc(/C=C2/C(=O)N(CCCC)C(=O)C(C#N)=C2C)cc1. The molecule has 2 amide bonds. The van der Waals surface area contributed by atoms with Crippen LogP contribution in [0.3, 0.4) is 0 Å². The van der Waals surface area contributed by atoms with Gasteiger partial charge in [-0.05, 0) is 49.1 Å². The minimum absolute atomic E-state index is 0.0397. The highest BCUT2D eigenvalue weighted by molar-refractivity contribution is 6.19. The lowest BCUT2D eigenvalue weighted by Gasteiger charge is -2.27. The maximum absolute atomic E-state index is 12.9. The summed E-state index contributed by atoms with van der Waals surface area (Å²) in [6.45, 7) is 6.82. The van der Waals surface area contributed by atoms with E-state index in [1.165, 1.54) is 4.90 Å². The van der Waals surface area contributed by atoms with Crippen LogP contribution in [0.15, 0.2) is 41.0 Å². The van der Waals surface area contributed by atoms with Crippen LogP contribution < -0.4 is 4.74 Å². The van der Waals surface area contributed by atoms with Crippen molar-refractivity contribution in [2.75, 3.05) is 13.2 Å². The van der Waals surface area contributed by atoms with Crippen molar-refractivity contribution in [2.24, 2.45) is 0 Å². The van der Waals surface area contributed by atoms with Gasteiger partial charge < -0.3 is 4.74 Å². The van der Waals surface area contributed by atoms with E-state index in [0.717, 1.165) is 37.0 Å². The van der Waals surface area contributed by atoms with E-state index in [-0.39, 0.29) is 11.5 Å². The summed E-state index contributed by atoms with van der Waals surface area (Å²) >= 11 is 0. The van der Waals surface area contributed by atoms with Crippen LogP contribution in [0.25, 0.3) is 6.08 Å². The Balaban J connectivity index is 2.24. The number of nitrogens with zero attached hydrogens (tertiary/aromatic N) is 2. The molecule has 1 aliphatic heterocycles. The third-order valence-corrected chi connectivity index (χ3v) is 4.77. The minimum atomic E-state index is -0.494. The number of carbonyl (C=O) groups excluding carboxylic acids is 2. The van der Waals surface area contributed by atoms with E-state index < -0.39 is 5.91 Å². The summed E-state index contributed by atoms with van der Waals surface area (Å²) in [6.07, 6.45) is 6.64. The van der Waals surface area contributed by atoms with Crippen molar-refractivity contribution in [3.63, 3.8) is 0 Å². The molecule has 0 aliphatic carbocycles. The molecule has 148 valence electrons. The smallest absolute Gasteiger partial charge is 0.271 e. The Labute approximate surface area is 167 Å². The lowest BCUT2D eigenvalue weighted by Crippen LogP contribution is -2.43. The van der Waals surface area contributed by atoms with E-state index in [9.17, 15) is 14.9 Å². The first-order valence-electron chi connectivity index (χ1n) is 9.95. The zero-order valence-corrected chi connectivity index (χ0v) is 17.0. The number of amides is 2. The quantitative estimate of drug-likeness (QED) is 0.355. The second-order valence-electron chi connectivity index (χ2n) is 6.91. The Bertz CT molecular complexity index is 813. The molecule has 0 spiro atoms. The van der Waals surface area contributed by atoms with Crippen LogP contribution in [0, 0.1) is 11.3 Å². The lowest BCUT2D eigenvalue weighted by molar-refractivity contribution is -0.140. The number of rotatable bonds is 9. The maximum atomic E-state index is 12.9. The van der Waals surface area contributed by atoms with E-state index >= 15 is 0 Å². The number of nitriles is 1. The maximum Gasteiger partial charge on any atom is 0.271 e. The summed E-state index contributed by atoms with van der Waals surface area (Å²) in [5.41, 5.74) is 1.69. The monoisotopic (exact) mass is 380 g/mol. The average molecular weight is 380 g/mol. The Morgan fingerprint density at radius 3 is 2.32 bits per heavy atom. The zero-order valence-electron chi connectivity index (χ0n) is 17.0. The highest BCUT2D eigenvalue weighted by Crippen LogP contribution is 2.27. The van der Waals surface area contributed by atoms with Crippen molar-refractivity contribution in [3.8, 4) is 11.8 Å². The number of benzene rings is 1. The molecule has 2 rings (SSSR count). The predicted molar refractivity (Wildman–Crippen MR) is 109 cm³/mol. The number of hydrogen-bond acceptors (Lipinski definition) is 4. The van der Waals surface area contributed by atoms with Gasteiger partial charge in [0.25, 0.3) is 11.8 Å². The Kier molecular flexibility index (Phi) is 8.01. The topological polar surface area (TPSA) is 70.4 Å². The highest BCUT2D eigenvalue weighted by Gasteiger charge is 2.34. The Hall–Kier alpha value is -2.87. The van der Waals surface area contributed by atoms with Crippen molar-refractivity contribution in [2.45, 2.75) is 52.9 Å². The van der Waals surface area contributed by atoms with Gasteiger partial charge in [0.1, 0.15) is 17.4 Å². The number of ether oxygens (including phenoxy) is 1. The van der Waals surface area contributed by atoms with E-state index in [2.05, 4.69) is 6.92 Å². The second kappa shape index (κ2) is 10.5. The fraction of sp³-hybridized carbons (Fsp3) is 0.435. The van der Waals surface area contributed by atoms with Crippen LogP contribution in [0.4, 0.5) is 0 Å². The van der Waals surface area contributed by atoms with Gasteiger partial charge in [-0.15, -0.1) is 0 Å². The molecule has 1 aromatic carbocycles. The highest BCUT2D eigenvalue weighted by atomic mass is 16.5. The van der Waals surface area contributed by atoms with Crippen molar-refractivity contribution in [1.29, 1.82) is 5.26 Å². The molecule has 1 heterocycles. The van der Waals surface area contributed by atoms with Gasteiger partial charge in [-0.1, -0.05) is 45.2 Å². The van der Waals surface area contributed by atoms with E-state index in [1.54, 1.807) is 13.0 Å². The second-order valence-corrected chi connectivity index (χ2v) is 6.91. The summed E-state index contributed by atoms with van der Waals surface area (Å²) in [7, 11) is 0. The summed E-state index contributed by atoms with van der Waals surface area (Å²) in [5.74, 6) is -0.0424. The molecule has 0 fully saturated rings. The summed E-state index contributed by atoms with van der Waals surface area (Å²) in [4.78, 5) is 26.5. The third-order valence-electron chi connectivity index (χ3n) is 4.77. The first-order valence-corrected chi connectivity index (χ1v) is 9.95. The van der Waals surface area contributed by atoms with Gasteiger partial charge in [-0.2, -0.15) is 5.26 Å². The zero-order chi connectivity index (χ0) is 20.5. The van der Waals surface area contributed by atoms with Gasteiger partial charge in [-0.3, -0.25) is 14.5 Å². The first-order chi connectivity index (χ1) is 13.5. The molecule has 0 radical (unpaired) electrons. The predicted octanol–water partition coefficient (Wildman–Crippen LogP) is 4.65. The molecule has 0 saturated carbocycles. The Morgan fingerprint density at radius 1 is 1.04 bits per heavy atom. The van der Waals surface area contributed by atoms with Gasteiger partial charge in [0, 0.05) is 12.1 Å². The van der Waals surface area contributed by atoms with Crippen LogP contribution in [0.1, 0.15) is 58.4 Å². The molecular weight excluding hydrogens is 352 g/mol. The lowest BCUT2D eigenvalue weighted by atomic mass is 9.93. The summed E-state index contributed by atoms with van der Waals surface area (Å²) < 4.78 is 5.71. The van der Waals surface area contributed by atoms with Gasteiger partial charge in [0.2, 0.25) is 0 Å². The molecule has 0 N–H and O–H groups in total. The summed E-state index contributed by atoms with van der Waals surface area (Å²) in [6, 6.07) is 9.46. The number of hydrogen-bond donors (Lipinski definition) is 0. The largest absolute Gasteiger partial charge is 0.494 e. The molecular formula is C23H28N2O3. The van der Waals surface area contributed by atoms with Crippen LogP contribution in [-0.4, -0.2) is 29.9 Å². The van der Waals surface area contributed by atoms with Gasteiger partial charge in [-0.25, -0.2) is 0 Å². The van der Waals surface area contributed by atoms with Gasteiger partial charge >= 0.3 is 0 Å². The molecule has 5 nitrogen and oxygen atoms in total. The van der Waals surface area contributed by atoms with Gasteiger partial charge in [0.15, 0.2) is 0 Å². The van der Waals surface area contributed by atoms with Crippen LogP contribution in [0.2, 0.25) is 0 Å². The van der Waals surface area contributed by atoms with Crippen LogP contribution >= 0.6 is 0 Å². The van der Waals surface area contributed by atoms with Crippen LogP contribution in [-0.2, 0) is 9.59 Å². The fourth-order valence-corrected chi connectivity index (χ4v) is 3.02. The van der Waals surface area contributed by atoms with Crippen LogP contribution in [0.5, 0.6) is 5.75 Å². The molecule has 0 unspecified atom stereocenters. The van der Waals surface area contributed by atoms with E-state index in [4.69, 9.17) is 4.74 Å². The number of unbranched alkanes of at least 4 members (excludes halogenated alkanes) is 3.